The second-order valence-corrected chi connectivity index (χ2v) is 6.91. The lowest BCUT2D eigenvalue weighted by Gasteiger charge is -2.14. The molecule has 144 valence electrons. The van der Waals surface area contributed by atoms with Crippen molar-refractivity contribution in [3.8, 4) is 11.5 Å². The van der Waals surface area contributed by atoms with E-state index in [0.717, 1.165) is 33.7 Å². The summed E-state index contributed by atoms with van der Waals surface area (Å²) in [6, 6.07) is 19.2. The third-order valence-electron chi connectivity index (χ3n) is 4.50. The number of anilines is 1. The van der Waals surface area contributed by atoms with Crippen LogP contribution in [0.4, 0.5) is 5.69 Å². The Balaban J connectivity index is 1.79. The van der Waals surface area contributed by atoms with Crippen molar-refractivity contribution in [1.29, 1.82) is 0 Å². The van der Waals surface area contributed by atoms with Crippen molar-refractivity contribution in [3.05, 3.63) is 88.5 Å². The summed E-state index contributed by atoms with van der Waals surface area (Å²) in [5.41, 5.74) is 5.44. The minimum absolute atomic E-state index is 0.162. The molecule has 0 atom stereocenters. The zero-order valence-corrected chi connectivity index (χ0v) is 16.7. The van der Waals surface area contributed by atoms with Crippen LogP contribution in [0.5, 0.6) is 11.5 Å². The van der Waals surface area contributed by atoms with Gasteiger partial charge in [-0.2, -0.15) is 0 Å². The van der Waals surface area contributed by atoms with Gasteiger partial charge in [0, 0.05) is 16.8 Å². The first-order valence-corrected chi connectivity index (χ1v) is 9.21. The fourth-order valence-corrected chi connectivity index (χ4v) is 3.16. The molecule has 28 heavy (non-hydrogen) atoms. The lowest BCUT2D eigenvalue weighted by molar-refractivity contribution is 0.102. The fourth-order valence-electron chi connectivity index (χ4n) is 3.16. The number of carbonyl (C=O) groups excluding carboxylic acids is 1. The smallest absolute Gasteiger partial charge is 0.255 e. The van der Waals surface area contributed by atoms with Crippen molar-refractivity contribution in [3.63, 3.8) is 0 Å². The molecule has 0 bridgehead atoms. The van der Waals surface area contributed by atoms with E-state index in [1.54, 1.807) is 19.2 Å². The van der Waals surface area contributed by atoms with Crippen LogP contribution in [0, 0.1) is 20.8 Å². The zero-order chi connectivity index (χ0) is 20.1. The van der Waals surface area contributed by atoms with Crippen LogP contribution in [-0.2, 0) is 6.61 Å². The van der Waals surface area contributed by atoms with Crippen LogP contribution in [0.15, 0.2) is 60.7 Å². The van der Waals surface area contributed by atoms with Gasteiger partial charge in [-0.15, -0.1) is 0 Å². The molecule has 0 heterocycles. The molecule has 3 aromatic carbocycles. The van der Waals surface area contributed by atoms with E-state index in [4.69, 9.17) is 9.47 Å². The number of para-hydroxylation sites is 1. The number of methoxy groups -OCH3 is 1. The van der Waals surface area contributed by atoms with Crippen LogP contribution in [-0.4, -0.2) is 13.0 Å². The summed E-state index contributed by atoms with van der Waals surface area (Å²) in [6.07, 6.45) is 0. The third kappa shape index (κ3) is 4.71. The molecule has 0 spiro atoms. The molecular formula is C24H25NO3. The van der Waals surface area contributed by atoms with Gasteiger partial charge in [0.25, 0.3) is 5.91 Å². The van der Waals surface area contributed by atoms with Gasteiger partial charge in [-0.3, -0.25) is 4.79 Å². The molecule has 0 radical (unpaired) electrons. The Morgan fingerprint density at radius 1 is 0.893 bits per heavy atom. The fraction of sp³-hybridized carbons (Fsp3) is 0.208. The molecule has 0 aliphatic heterocycles. The van der Waals surface area contributed by atoms with E-state index < -0.39 is 0 Å². The normalized spacial score (nSPS) is 10.4. The SMILES string of the molecule is COc1ccc(C(=O)Nc2cc(C)cc(C)c2)cc1COc1ccccc1C. The predicted octanol–water partition coefficient (Wildman–Crippen LogP) is 5.45. The summed E-state index contributed by atoms with van der Waals surface area (Å²) < 4.78 is 11.4. The highest BCUT2D eigenvalue weighted by Gasteiger charge is 2.12. The van der Waals surface area contributed by atoms with Gasteiger partial charge in [0.1, 0.15) is 18.1 Å². The standard InChI is InChI=1S/C24H25NO3/c1-16-11-17(2)13-21(12-16)25-24(26)19-9-10-23(27-4)20(14-19)15-28-22-8-6-5-7-18(22)3/h5-14H,15H2,1-4H3,(H,25,26). The van der Waals surface area contributed by atoms with Gasteiger partial charge in [-0.05, 0) is 73.9 Å². The van der Waals surface area contributed by atoms with E-state index >= 15 is 0 Å². The monoisotopic (exact) mass is 375 g/mol. The number of hydrogen-bond donors (Lipinski definition) is 1. The largest absolute Gasteiger partial charge is 0.496 e. The average molecular weight is 375 g/mol. The second-order valence-electron chi connectivity index (χ2n) is 6.91. The highest BCUT2D eigenvalue weighted by Crippen LogP contribution is 2.24. The zero-order valence-electron chi connectivity index (χ0n) is 16.7. The Morgan fingerprint density at radius 3 is 2.29 bits per heavy atom. The summed E-state index contributed by atoms with van der Waals surface area (Å²) in [6.45, 7) is 6.34. The van der Waals surface area contributed by atoms with E-state index in [1.807, 2.05) is 63.2 Å². The van der Waals surface area contributed by atoms with Gasteiger partial charge in [-0.25, -0.2) is 0 Å². The van der Waals surface area contributed by atoms with Gasteiger partial charge in [0.15, 0.2) is 0 Å². The van der Waals surface area contributed by atoms with Gasteiger partial charge in [0.2, 0.25) is 0 Å². The summed E-state index contributed by atoms with van der Waals surface area (Å²) in [5.74, 6) is 1.34. The third-order valence-corrected chi connectivity index (χ3v) is 4.50. The number of benzene rings is 3. The van der Waals surface area contributed by atoms with Crippen molar-refractivity contribution in [2.75, 3.05) is 12.4 Å². The Labute approximate surface area is 166 Å². The van der Waals surface area contributed by atoms with Crippen molar-refractivity contribution in [2.24, 2.45) is 0 Å². The first-order chi connectivity index (χ1) is 13.5. The Hall–Kier alpha value is -3.27. The highest BCUT2D eigenvalue weighted by atomic mass is 16.5. The Morgan fingerprint density at radius 2 is 1.61 bits per heavy atom. The lowest BCUT2D eigenvalue weighted by atomic mass is 10.1. The molecule has 1 N–H and O–H groups in total. The first kappa shape index (κ1) is 19.5. The van der Waals surface area contributed by atoms with Gasteiger partial charge < -0.3 is 14.8 Å². The van der Waals surface area contributed by atoms with E-state index in [1.165, 1.54) is 0 Å². The quantitative estimate of drug-likeness (QED) is 0.623. The highest BCUT2D eigenvalue weighted by molar-refractivity contribution is 6.04. The molecule has 0 aliphatic rings. The summed E-state index contributed by atoms with van der Waals surface area (Å²) >= 11 is 0. The number of aryl methyl sites for hydroxylation is 3. The molecule has 4 nitrogen and oxygen atoms in total. The van der Waals surface area contributed by atoms with Crippen molar-refractivity contribution >= 4 is 11.6 Å². The molecule has 0 saturated heterocycles. The maximum absolute atomic E-state index is 12.7. The molecule has 0 unspecified atom stereocenters. The van der Waals surface area contributed by atoms with E-state index in [0.29, 0.717) is 17.9 Å². The second kappa shape index (κ2) is 8.61. The van der Waals surface area contributed by atoms with Crippen LogP contribution in [0.3, 0.4) is 0 Å². The topological polar surface area (TPSA) is 47.6 Å². The maximum Gasteiger partial charge on any atom is 0.255 e. The van der Waals surface area contributed by atoms with Crippen molar-refractivity contribution in [2.45, 2.75) is 27.4 Å². The first-order valence-electron chi connectivity index (χ1n) is 9.21. The van der Waals surface area contributed by atoms with Crippen molar-refractivity contribution < 1.29 is 14.3 Å². The van der Waals surface area contributed by atoms with Crippen LogP contribution >= 0.6 is 0 Å². The molecule has 4 heteroatoms. The molecular weight excluding hydrogens is 350 g/mol. The maximum atomic E-state index is 12.7. The molecule has 3 rings (SSSR count). The molecule has 0 fully saturated rings. The molecule has 0 aromatic heterocycles. The number of hydrogen-bond acceptors (Lipinski definition) is 3. The summed E-state index contributed by atoms with van der Waals surface area (Å²) in [7, 11) is 1.61. The van der Waals surface area contributed by atoms with Gasteiger partial charge in [-0.1, -0.05) is 24.3 Å². The minimum atomic E-state index is -0.162. The average Bonchev–Trinajstić information content (AvgIpc) is 2.66. The molecule has 0 saturated carbocycles. The number of amides is 1. The Kier molecular flexibility index (Phi) is 5.99. The van der Waals surface area contributed by atoms with Gasteiger partial charge in [0.05, 0.1) is 7.11 Å². The summed E-state index contributed by atoms with van der Waals surface area (Å²) in [4.78, 5) is 12.7. The van der Waals surface area contributed by atoms with Crippen LogP contribution in [0.25, 0.3) is 0 Å². The Bertz CT molecular complexity index is 975. The van der Waals surface area contributed by atoms with Crippen LogP contribution in [0.2, 0.25) is 0 Å². The van der Waals surface area contributed by atoms with Crippen molar-refractivity contribution in [1.82, 2.24) is 0 Å². The van der Waals surface area contributed by atoms with E-state index in [-0.39, 0.29) is 5.91 Å². The predicted molar refractivity (Wildman–Crippen MR) is 112 cm³/mol. The lowest BCUT2D eigenvalue weighted by Crippen LogP contribution is -2.13. The van der Waals surface area contributed by atoms with Crippen LogP contribution in [0.1, 0.15) is 32.6 Å². The minimum Gasteiger partial charge on any atom is -0.496 e. The van der Waals surface area contributed by atoms with Gasteiger partial charge >= 0.3 is 0 Å². The number of nitrogens with one attached hydrogen (secondary N) is 1. The number of rotatable bonds is 6. The van der Waals surface area contributed by atoms with E-state index in [2.05, 4.69) is 11.4 Å². The number of ether oxygens (including phenoxy) is 2. The molecule has 0 aliphatic carbocycles. The molecule has 1 amide bonds. The van der Waals surface area contributed by atoms with E-state index in [9.17, 15) is 4.79 Å². The number of carbonyl (C=O) groups is 1. The van der Waals surface area contributed by atoms with Crippen LogP contribution < -0.4 is 14.8 Å². The molecule has 3 aromatic rings. The summed E-state index contributed by atoms with van der Waals surface area (Å²) in [5, 5.41) is 2.97.